The Bertz CT molecular complexity index is 297. The molecule has 1 heterocycles. The van der Waals surface area contributed by atoms with E-state index in [9.17, 15) is 14.4 Å². The van der Waals surface area contributed by atoms with E-state index in [-0.39, 0.29) is 31.1 Å². The molecule has 0 saturated carbocycles. The second-order valence-corrected chi connectivity index (χ2v) is 3.91. The molecule has 0 aromatic carbocycles. The van der Waals surface area contributed by atoms with Crippen molar-refractivity contribution < 1.29 is 19.5 Å². The molecule has 0 aliphatic carbocycles. The lowest BCUT2D eigenvalue weighted by Crippen LogP contribution is -2.58. The second kappa shape index (κ2) is 4.00. The van der Waals surface area contributed by atoms with Crippen molar-refractivity contribution in [3.8, 4) is 0 Å². The van der Waals surface area contributed by atoms with Crippen LogP contribution in [0, 0.1) is 0 Å². The molecule has 1 fully saturated rings. The van der Waals surface area contributed by atoms with Crippen molar-refractivity contribution in [3.05, 3.63) is 0 Å². The average molecular weight is 213 g/mol. The van der Waals surface area contributed by atoms with Crippen LogP contribution in [0.15, 0.2) is 0 Å². The van der Waals surface area contributed by atoms with Gasteiger partial charge < -0.3 is 5.11 Å². The molecule has 0 aromatic rings. The maximum Gasteiger partial charge on any atom is 0.329 e. The minimum absolute atomic E-state index is 0.222. The third kappa shape index (κ3) is 1.86. The molecule has 0 bridgehead atoms. The maximum atomic E-state index is 11.6. The lowest BCUT2D eigenvalue weighted by atomic mass is 9.93. The first-order chi connectivity index (χ1) is 6.93. The van der Waals surface area contributed by atoms with Crippen molar-refractivity contribution in [3.63, 3.8) is 0 Å². The molecule has 0 spiro atoms. The molecule has 15 heavy (non-hydrogen) atoms. The highest BCUT2D eigenvalue weighted by atomic mass is 16.4. The van der Waals surface area contributed by atoms with Gasteiger partial charge in [0.15, 0.2) is 0 Å². The zero-order chi connectivity index (χ0) is 11.6. The number of rotatable bonds is 3. The molecule has 1 atom stereocenters. The number of carboxylic acids is 1. The highest BCUT2D eigenvalue weighted by molar-refractivity contribution is 6.02. The van der Waals surface area contributed by atoms with Crippen LogP contribution in [0.25, 0.3) is 0 Å². The fourth-order valence-corrected chi connectivity index (χ4v) is 1.71. The topological polar surface area (TPSA) is 74.7 Å². The molecule has 1 rings (SSSR count). The van der Waals surface area contributed by atoms with Gasteiger partial charge in [0.05, 0.1) is 0 Å². The molecular formula is C10H15NO4. The third-order valence-corrected chi connectivity index (χ3v) is 2.92. The summed E-state index contributed by atoms with van der Waals surface area (Å²) >= 11 is 0. The number of hydrogen-bond donors (Lipinski definition) is 1. The lowest BCUT2D eigenvalue weighted by molar-refractivity contribution is -0.168. The van der Waals surface area contributed by atoms with Gasteiger partial charge in [0.1, 0.15) is 5.54 Å². The standard InChI is InChI=1S/C10H15NO4/c1-3-10(2,9(14)15)11-7(12)5-4-6-8(11)13/h3-6H2,1-2H3,(H,14,15). The van der Waals surface area contributed by atoms with Gasteiger partial charge >= 0.3 is 5.97 Å². The lowest BCUT2D eigenvalue weighted by Gasteiger charge is -2.37. The summed E-state index contributed by atoms with van der Waals surface area (Å²) in [6, 6.07) is 0. The van der Waals surface area contributed by atoms with E-state index in [4.69, 9.17) is 5.11 Å². The SMILES string of the molecule is CCC(C)(C(=O)O)N1C(=O)CCCC1=O. The molecule has 1 aliphatic rings. The van der Waals surface area contributed by atoms with Crippen molar-refractivity contribution in [2.24, 2.45) is 0 Å². The first kappa shape index (κ1) is 11.7. The fraction of sp³-hybridized carbons (Fsp3) is 0.700. The summed E-state index contributed by atoms with van der Waals surface area (Å²) < 4.78 is 0. The molecule has 1 saturated heterocycles. The van der Waals surface area contributed by atoms with Gasteiger partial charge in [-0.15, -0.1) is 0 Å². The van der Waals surface area contributed by atoms with Crippen molar-refractivity contribution in [1.29, 1.82) is 0 Å². The molecule has 0 radical (unpaired) electrons. The fourth-order valence-electron chi connectivity index (χ4n) is 1.71. The minimum Gasteiger partial charge on any atom is -0.479 e. The summed E-state index contributed by atoms with van der Waals surface area (Å²) in [5.41, 5.74) is -1.39. The molecule has 0 aromatic heterocycles. The van der Waals surface area contributed by atoms with Crippen LogP contribution in [0.1, 0.15) is 39.5 Å². The molecule has 1 N–H and O–H groups in total. The summed E-state index contributed by atoms with van der Waals surface area (Å²) in [5.74, 6) is -1.88. The van der Waals surface area contributed by atoms with Gasteiger partial charge in [0, 0.05) is 12.8 Å². The van der Waals surface area contributed by atoms with Gasteiger partial charge in [-0.25, -0.2) is 4.79 Å². The first-order valence-electron chi connectivity index (χ1n) is 5.02. The van der Waals surface area contributed by atoms with Crippen LogP contribution in [0.3, 0.4) is 0 Å². The molecule has 1 aliphatic heterocycles. The van der Waals surface area contributed by atoms with Gasteiger partial charge in [-0.3, -0.25) is 14.5 Å². The first-order valence-corrected chi connectivity index (χ1v) is 5.02. The van der Waals surface area contributed by atoms with Crippen molar-refractivity contribution in [2.45, 2.75) is 45.1 Å². The number of carbonyl (C=O) groups is 3. The Morgan fingerprint density at radius 2 is 1.87 bits per heavy atom. The number of nitrogens with zero attached hydrogens (tertiary/aromatic N) is 1. The Morgan fingerprint density at radius 1 is 1.40 bits per heavy atom. The van der Waals surface area contributed by atoms with Crippen molar-refractivity contribution in [1.82, 2.24) is 4.90 Å². The monoisotopic (exact) mass is 213 g/mol. The Balaban J connectivity index is 3.05. The number of imide groups is 1. The summed E-state index contributed by atoms with van der Waals surface area (Å²) in [7, 11) is 0. The number of carboxylic acid groups (broad SMARTS) is 1. The number of amides is 2. The molecule has 84 valence electrons. The number of likely N-dealkylation sites (tertiary alicyclic amines) is 1. The van der Waals surface area contributed by atoms with Crippen LogP contribution in [-0.2, 0) is 14.4 Å². The largest absolute Gasteiger partial charge is 0.479 e. The summed E-state index contributed by atoms with van der Waals surface area (Å²) in [6.45, 7) is 3.07. The Labute approximate surface area is 88.1 Å². The summed E-state index contributed by atoms with van der Waals surface area (Å²) in [5, 5.41) is 9.07. The number of hydrogen-bond acceptors (Lipinski definition) is 3. The van der Waals surface area contributed by atoms with E-state index in [2.05, 4.69) is 0 Å². The van der Waals surface area contributed by atoms with E-state index < -0.39 is 11.5 Å². The van der Waals surface area contributed by atoms with E-state index >= 15 is 0 Å². The van der Waals surface area contributed by atoms with Gasteiger partial charge in [-0.1, -0.05) is 6.92 Å². The summed E-state index contributed by atoms with van der Waals surface area (Å²) in [4.78, 5) is 35.1. The average Bonchev–Trinajstić information content (AvgIpc) is 2.16. The molecule has 2 amide bonds. The van der Waals surface area contributed by atoms with Gasteiger partial charge in [-0.2, -0.15) is 0 Å². The molecule has 5 nitrogen and oxygen atoms in total. The van der Waals surface area contributed by atoms with E-state index in [1.165, 1.54) is 6.92 Å². The molecule has 1 unspecified atom stereocenters. The van der Waals surface area contributed by atoms with Gasteiger partial charge in [-0.05, 0) is 19.8 Å². The quantitative estimate of drug-likeness (QED) is 0.703. The minimum atomic E-state index is -1.39. The normalized spacial score (nSPS) is 21.3. The summed E-state index contributed by atoms with van der Waals surface area (Å²) in [6.07, 6.45) is 1.26. The van der Waals surface area contributed by atoms with Crippen LogP contribution < -0.4 is 0 Å². The Hall–Kier alpha value is -1.39. The Morgan fingerprint density at radius 3 is 2.20 bits per heavy atom. The van der Waals surface area contributed by atoms with Crippen molar-refractivity contribution in [2.75, 3.05) is 0 Å². The van der Waals surface area contributed by atoms with E-state index in [1.54, 1.807) is 6.92 Å². The predicted molar refractivity (Wildman–Crippen MR) is 52.0 cm³/mol. The smallest absolute Gasteiger partial charge is 0.329 e. The highest BCUT2D eigenvalue weighted by Gasteiger charge is 2.45. The predicted octanol–water partition coefficient (Wildman–Crippen LogP) is 0.779. The van der Waals surface area contributed by atoms with E-state index in [0.717, 1.165) is 4.90 Å². The van der Waals surface area contributed by atoms with Crippen LogP contribution in [0.5, 0.6) is 0 Å². The van der Waals surface area contributed by atoms with Crippen molar-refractivity contribution >= 4 is 17.8 Å². The van der Waals surface area contributed by atoms with Crippen LogP contribution in [-0.4, -0.2) is 33.3 Å². The Kier molecular flexibility index (Phi) is 3.12. The number of carbonyl (C=O) groups excluding carboxylic acids is 2. The van der Waals surface area contributed by atoms with Gasteiger partial charge in [0.2, 0.25) is 11.8 Å². The third-order valence-electron chi connectivity index (χ3n) is 2.92. The highest BCUT2D eigenvalue weighted by Crippen LogP contribution is 2.26. The van der Waals surface area contributed by atoms with E-state index in [1.807, 2.05) is 0 Å². The number of piperidine rings is 1. The molecular weight excluding hydrogens is 198 g/mol. The zero-order valence-corrected chi connectivity index (χ0v) is 8.95. The number of aliphatic carboxylic acids is 1. The molecule has 5 heteroatoms. The van der Waals surface area contributed by atoms with Crippen LogP contribution >= 0.6 is 0 Å². The zero-order valence-electron chi connectivity index (χ0n) is 8.95. The van der Waals surface area contributed by atoms with Crippen LogP contribution in [0.4, 0.5) is 0 Å². The van der Waals surface area contributed by atoms with Gasteiger partial charge in [0.25, 0.3) is 0 Å². The second-order valence-electron chi connectivity index (χ2n) is 3.91. The van der Waals surface area contributed by atoms with E-state index in [0.29, 0.717) is 6.42 Å². The maximum absolute atomic E-state index is 11.6. The van der Waals surface area contributed by atoms with Crippen LogP contribution in [0.2, 0.25) is 0 Å².